The zero-order valence-electron chi connectivity index (χ0n) is 12.1. The van der Waals surface area contributed by atoms with Gasteiger partial charge in [0, 0.05) is 17.4 Å². The summed E-state index contributed by atoms with van der Waals surface area (Å²) in [6.07, 6.45) is 0. The third kappa shape index (κ3) is 3.60. The number of hydrogen-bond donors (Lipinski definition) is 2. The summed E-state index contributed by atoms with van der Waals surface area (Å²) in [7, 11) is 0. The Morgan fingerprint density at radius 2 is 1.95 bits per heavy atom. The minimum absolute atomic E-state index is 0.0897. The van der Waals surface area contributed by atoms with Crippen LogP contribution in [0.5, 0.6) is 5.88 Å². The van der Waals surface area contributed by atoms with Crippen molar-refractivity contribution in [3.05, 3.63) is 41.6 Å². The predicted molar refractivity (Wildman–Crippen MR) is 80.8 cm³/mol. The molecular formula is C15H20N4O. The van der Waals surface area contributed by atoms with E-state index < -0.39 is 0 Å². The van der Waals surface area contributed by atoms with Gasteiger partial charge in [0.2, 0.25) is 11.8 Å². The normalized spacial score (nSPS) is 11.9. The van der Waals surface area contributed by atoms with Gasteiger partial charge in [0.25, 0.3) is 0 Å². The summed E-state index contributed by atoms with van der Waals surface area (Å²) < 4.78 is 5.42. The van der Waals surface area contributed by atoms with E-state index in [1.165, 1.54) is 0 Å². The predicted octanol–water partition coefficient (Wildman–Crippen LogP) is 2.94. The van der Waals surface area contributed by atoms with E-state index in [1.54, 1.807) is 0 Å². The lowest BCUT2D eigenvalue weighted by Gasteiger charge is -2.15. The number of ether oxygens (including phenoxy) is 1. The topological polar surface area (TPSA) is 73.1 Å². The smallest absolute Gasteiger partial charge is 0.226 e. The Hall–Kier alpha value is -2.30. The summed E-state index contributed by atoms with van der Waals surface area (Å²) >= 11 is 0. The van der Waals surface area contributed by atoms with E-state index in [0.29, 0.717) is 18.4 Å². The number of nitrogens with one attached hydrogen (secondary N) is 1. The van der Waals surface area contributed by atoms with Gasteiger partial charge in [-0.15, -0.1) is 0 Å². The fourth-order valence-electron chi connectivity index (χ4n) is 1.89. The van der Waals surface area contributed by atoms with Crippen LogP contribution in [0.4, 0.5) is 11.6 Å². The van der Waals surface area contributed by atoms with Crippen LogP contribution >= 0.6 is 0 Å². The maximum Gasteiger partial charge on any atom is 0.226 e. The van der Waals surface area contributed by atoms with Crippen molar-refractivity contribution in [3.63, 3.8) is 0 Å². The van der Waals surface area contributed by atoms with Crippen LogP contribution in [0.15, 0.2) is 30.3 Å². The molecule has 0 saturated heterocycles. The fourth-order valence-corrected chi connectivity index (χ4v) is 1.89. The lowest BCUT2D eigenvalue weighted by Crippen LogP contribution is -2.10. The number of rotatable bonds is 5. The van der Waals surface area contributed by atoms with E-state index in [9.17, 15) is 0 Å². The first-order valence-electron chi connectivity index (χ1n) is 6.69. The molecule has 20 heavy (non-hydrogen) atoms. The second-order valence-electron chi connectivity index (χ2n) is 4.64. The number of benzene rings is 1. The van der Waals surface area contributed by atoms with E-state index in [2.05, 4.69) is 22.2 Å². The lowest BCUT2D eigenvalue weighted by molar-refractivity contribution is 0.326. The second-order valence-corrected chi connectivity index (χ2v) is 4.64. The molecule has 1 heterocycles. The van der Waals surface area contributed by atoms with Crippen molar-refractivity contribution in [1.29, 1.82) is 0 Å². The molecule has 0 amide bonds. The molecule has 106 valence electrons. The number of aromatic nitrogens is 2. The molecule has 0 bridgehead atoms. The summed E-state index contributed by atoms with van der Waals surface area (Å²) in [5, 5.41) is 3.27. The Labute approximate surface area is 119 Å². The summed E-state index contributed by atoms with van der Waals surface area (Å²) in [6.45, 7) is 6.49. The molecule has 0 aliphatic carbocycles. The van der Waals surface area contributed by atoms with E-state index in [1.807, 2.05) is 44.2 Å². The lowest BCUT2D eigenvalue weighted by atomic mass is 10.1. The zero-order chi connectivity index (χ0) is 14.5. The Bertz CT molecular complexity index is 569. The zero-order valence-corrected chi connectivity index (χ0v) is 12.1. The molecule has 0 aliphatic heterocycles. The molecule has 1 atom stereocenters. The number of nitrogens with zero attached hydrogens (tertiary/aromatic N) is 2. The van der Waals surface area contributed by atoms with Crippen LogP contribution in [0.1, 0.15) is 31.1 Å². The van der Waals surface area contributed by atoms with E-state index in [4.69, 9.17) is 10.5 Å². The molecule has 5 nitrogen and oxygen atoms in total. The molecule has 3 N–H and O–H groups in total. The molecule has 0 aliphatic rings. The first-order chi connectivity index (χ1) is 9.58. The minimum atomic E-state index is 0.0897. The van der Waals surface area contributed by atoms with Gasteiger partial charge in [-0.1, -0.05) is 12.1 Å². The number of anilines is 2. The average Bonchev–Trinajstić information content (AvgIpc) is 2.39. The molecule has 2 rings (SSSR count). The third-order valence-corrected chi connectivity index (χ3v) is 2.91. The van der Waals surface area contributed by atoms with Crippen LogP contribution < -0.4 is 15.8 Å². The minimum Gasteiger partial charge on any atom is -0.478 e. The van der Waals surface area contributed by atoms with Gasteiger partial charge in [-0.25, -0.2) is 4.98 Å². The summed E-state index contributed by atoms with van der Waals surface area (Å²) in [5.74, 6) is 1.16. The fraction of sp³-hybridized carbons (Fsp3) is 0.333. The molecule has 0 spiro atoms. The van der Waals surface area contributed by atoms with Crippen molar-refractivity contribution < 1.29 is 4.74 Å². The van der Waals surface area contributed by atoms with Crippen LogP contribution in [-0.4, -0.2) is 16.6 Å². The van der Waals surface area contributed by atoms with Crippen LogP contribution in [-0.2, 0) is 0 Å². The largest absolute Gasteiger partial charge is 0.478 e. The maximum atomic E-state index is 5.69. The highest BCUT2D eigenvalue weighted by molar-refractivity contribution is 5.42. The van der Waals surface area contributed by atoms with Gasteiger partial charge in [-0.05, 0) is 38.5 Å². The van der Waals surface area contributed by atoms with Crippen molar-refractivity contribution in [3.8, 4) is 5.88 Å². The Morgan fingerprint density at radius 3 is 2.60 bits per heavy atom. The molecule has 5 heteroatoms. The molecule has 0 radical (unpaired) electrons. The van der Waals surface area contributed by atoms with Crippen molar-refractivity contribution in [1.82, 2.24) is 9.97 Å². The monoisotopic (exact) mass is 272 g/mol. The highest BCUT2D eigenvalue weighted by Crippen LogP contribution is 2.20. The van der Waals surface area contributed by atoms with E-state index >= 15 is 0 Å². The summed E-state index contributed by atoms with van der Waals surface area (Å²) in [6, 6.07) is 9.67. The van der Waals surface area contributed by atoms with Crippen molar-refractivity contribution in [2.45, 2.75) is 26.8 Å². The SMILES string of the molecule is CCOc1cc(C)nc(NC(C)c2ccc(N)cc2)n1. The first-order valence-corrected chi connectivity index (χ1v) is 6.69. The molecule has 1 aromatic carbocycles. The van der Waals surface area contributed by atoms with Crippen LogP contribution in [0.2, 0.25) is 0 Å². The van der Waals surface area contributed by atoms with Gasteiger partial charge in [0.05, 0.1) is 12.6 Å². The third-order valence-electron chi connectivity index (χ3n) is 2.91. The van der Waals surface area contributed by atoms with Crippen molar-refractivity contribution >= 4 is 11.6 Å². The van der Waals surface area contributed by atoms with Crippen molar-refractivity contribution in [2.75, 3.05) is 17.7 Å². The summed E-state index contributed by atoms with van der Waals surface area (Å²) in [5.41, 5.74) is 8.44. The van der Waals surface area contributed by atoms with Gasteiger partial charge in [-0.3, -0.25) is 0 Å². The highest BCUT2D eigenvalue weighted by atomic mass is 16.5. The molecular weight excluding hydrogens is 252 g/mol. The van der Waals surface area contributed by atoms with Gasteiger partial charge in [0.15, 0.2) is 0 Å². The highest BCUT2D eigenvalue weighted by Gasteiger charge is 2.09. The average molecular weight is 272 g/mol. The Balaban J connectivity index is 2.14. The van der Waals surface area contributed by atoms with Crippen molar-refractivity contribution in [2.24, 2.45) is 0 Å². The van der Waals surface area contributed by atoms with E-state index in [0.717, 1.165) is 16.9 Å². The number of nitrogens with two attached hydrogens (primary N) is 1. The molecule has 0 fully saturated rings. The Morgan fingerprint density at radius 1 is 1.25 bits per heavy atom. The van der Waals surface area contributed by atoms with Gasteiger partial charge < -0.3 is 15.8 Å². The number of hydrogen-bond acceptors (Lipinski definition) is 5. The van der Waals surface area contributed by atoms with E-state index in [-0.39, 0.29) is 6.04 Å². The first kappa shape index (κ1) is 14.1. The maximum absolute atomic E-state index is 5.69. The molecule has 1 unspecified atom stereocenters. The van der Waals surface area contributed by atoms with Gasteiger partial charge in [0.1, 0.15) is 0 Å². The number of aryl methyl sites for hydroxylation is 1. The van der Waals surface area contributed by atoms with Gasteiger partial charge in [-0.2, -0.15) is 4.98 Å². The van der Waals surface area contributed by atoms with Gasteiger partial charge >= 0.3 is 0 Å². The number of nitrogen functional groups attached to an aromatic ring is 1. The van der Waals surface area contributed by atoms with Crippen LogP contribution in [0, 0.1) is 6.92 Å². The van der Waals surface area contributed by atoms with Crippen LogP contribution in [0.25, 0.3) is 0 Å². The molecule has 1 aromatic heterocycles. The standard InChI is InChI=1S/C15H20N4O/c1-4-20-14-9-10(2)17-15(19-14)18-11(3)12-5-7-13(16)8-6-12/h5-9,11H,4,16H2,1-3H3,(H,17,18,19). The quantitative estimate of drug-likeness (QED) is 0.819. The van der Waals surface area contributed by atoms with Crippen LogP contribution in [0.3, 0.4) is 0 Å². The molecule has 2 aromatic rings. The summed E-state index contributed by atoms with van der Waals surface area (Å²) in [4.78, 5) is 8.71. The second kappa shape index (κ2) is 6.23. The Kier molecular flexibility index (Phi) is 4.40. The molecule has 0 saturated carbocycles.